The van der Waals surface area contributed by atoms with Crippen molar-refractivity contribution in [1.82, 2.24) is 4.90 Å². The van der Waals surface area contributed by atoms with E-state index in [9.17, 15) is 14.7 Å². The summed E-state index contributed by atoms with van der Waals surface area (Å²) >= 11 is 0. The van der Waals surface area contributed by atoms with E-state index in [4.69, 9.17) is 0 Å². The quantitative estimate of drug-likeness (QED) is 0.913. The molecule has 1 unspecified atom stereocenters. The van der Waals surface area contributed by atoms with E-state index in [-0.39, 0.29) is 12.5 Å². The van der Waals surface area contributed by atoms with E-state index in [1.54, 1.807) is 11.8 Å². The Kier molecular flexibility index (Phi) is 3.77. The minimum atomic E-state index is -0.829. The number of carbonyl (C=O) groups excluding carboxylic acids is 1. The molecule has 1 N–H and O–H groups in total. The minimum absolute atomic E-state index is 0.0514. The molecule has 22 heavy (non-hydrogen) atoms. The molecule has 1 aromatic rings. The van der Waals surface area contributed by atoms with Gasteiger partial charge in [0, 0.05) is 18.7 Å². The van der Waals surface area contributed by atoms with E-state index in [2.05, 4.69) is 12.2 Å². The van der Waals surface area contributed by atoms with Gasteiger partial charge in [-0.3, -0.25) is 9.59 Å². The third-order valence-electron chi connectivity index (χ3n) is 4.77. The number of nitrogens with zero attached hydrogens (tertiary/aromatic N) is 1. The van der Waals surface area contributed by atoms with E-state index >= 15 is 0 Å². The van der Waals surface area contributed by atoms with Gasteiger partial charge in [-0.15, -0.1) is 0 Å². The first-order valence-electron chi connectivity index (χ1n) is 7.82. The molecule has 3 rings (SSSR count). The number of fused-ring (bicyclic) bond motifs is 1. The number of carboxylic acid groups (broad SMARTS) is 1. The molecule has 4 nitrogen and oxygen atoms in total. The second-order valence-electron chi connectivity index (χ2n) is 6.55. The lowest BCUT2D eigenvalue weighted by atomic mass is 9.82. The fourth-order valence-corrected chi connectivity index (χ4v) is 3.34. The maximum Gasteiger partial charge on any atom is 0.311 e. The molecule has 116 valence electrons. The molecule has 0 spiro atoms. The monoisotopic (exact) mass is 299 g/mol. The van der Waals surface area contributed by atoms with Gasteiger partial charge in [0.2, 0.25) is 0 Å². The van der Waals surface area contributed by atoms with E-state index in [0.29, 0.717) is 18.5 Å². The molecule has 4 heteroatoms. The number of carbonyl (C=O) groups is 2. The molecule has 0 bridgehead atoms. The largest absolute Gasteiger partial charge is 0.481 e. The second-order valence-corrected chi connectivity index (χ2v) is 6.55. The van der Waals surface area contributed by atoms with Crippen molar-refractivity contribution in [3.63, 3.8) is 0 Å². The number of piperidine rings is 1. The Morgan fingerprint density at radius 2 is 2.14 bits per heavy atom. The molecule has 1 aromatic carbocycles. The predicted octanol–water partition coefficient (Wildman–Crippen LogP) is 2.97. The molecular formula is C18H21NO3. The van der Waals surface area contributed by atoms with Crippen LogP contribution in [0.3, 0.4) is 0 Å². The first-order valence-corrected chi connectivity index (χ1v) is 7.82. The van der Waals surface area contributed by atoms with Crippen LogP contribution in [0.1, 0.15) is 47.7 Å². The summed E-state index contributed by atoms with van der Waals surface area (Å²) in [6, 6.07) is 5.80. The van der Waals surface area contributed by atoms with Crippen molar-refractivity contribution in [1.29, 1.82) is 0 Å². The number of hydrogen-bond donors (Lipinski definition) is 1. The number of hydrogen-bond acceptors (Lipinski definition) is 2. The molecule has 0 radical (unpaired) electrons. The summed E-state index contributed by atoms with van der Waals surface area (Å²) in [4.78, 5) is 25.8. The highest BCUT2D eigenvalue weighted by Gasteiger charge is 2.39. The van der Waals surface area contributed by atoms with E-state index in [1.807, 2.05) is 18.2 Å². The van der Waals surface area contributed by atoms with E-state index in [0.717, 1.165) is 19.3 Å². The number of amides is 1. The molecule has 1 fully saturated rings. The predicted molar refractivity (Wildman–Crippen MR) is 84.7 cm³/mol. The van der Waals surface area contributed by atoms with Gasteiger partial charge >= 0.3 is 5.97 Å². The van der Waals surface area contributed by atoms with Crippen molar-refractivity contribution in [2.75, 3.05) is 13.1 Å². The Morgan fingerprint density at radius 3 is 2.91 bits per heavy atom. The normalized spacial score (nSPS) is 24.0. The third kappa shape index (κ3) is 2.65. The van der Waals surface area contributed by atoms with Crippen LogP contribution in [0.25, 0.3) is 6.08 Å². The molecule has 1 atom stereocenters. The number of rotatable bonds is 2. The maximum atomic E-state index is 12.7. The van der Waals surface area contributed by atoms with Gasteiger partial charge in [0.05, 0.1) is 5.41 Å². The molecule has 2 aliphatic rings. The van der Waals surface area contributed by atoms with Crippen LogP contribution in [0.15, 0.2) is 24.3 Å². The molecule has 0 aromatic heterocycles. The summed E-state index contributed by atoms with van der Waals surface area (Å²) in [5.74, 6) is -0.870. The van der Waals surface area contributed by atoms with Crippen LogP contribution in [-0.4, -0.2) is 35.0 Å². The Morgan fingerprint density at radius 1 is 1.32 bits per heavy atom. The van der Waals surface area contributed by atoms with Crippen LogP contribution in [-0.2, 0) is 11.2 Å². The van der Waals surface area contributed by atoms with Crippen LogP contribution in [0, 0.1) is 5.41 Å². The van der Waals surface area contributed by atoms with Crippen molar-refractivity contribution in [3.8, 4) is 0 Å². The zero-order valence-corrected chi connectivity index (χ0v) is 12.8. The average molecular weight is 299 g/mol. The Hall–Kier alpha value is -2.10. The van der Waals surface area contributed by atoms with Crippen LogP contribution in [0.2, 0.25) is 0 Å². The summed E-state index contributed by atoms with van der Waals surface area (Å²) in [7, 11) is 0. The lowest BCUT2D eigenvalue weighted by Crippen LogP contribution is -2.48. The summed E-state index contributed by atoms with van der Waals surface area (Å²) in [5, 5.41) is 9.38. The van der Waals surface area contributed by atoms with Gasteiger partial charge in [-0.05, 0) is 55.9 Å². The molecule has 0 saturated carbocycles. The van der Waals surface area contributed by atoms with Crippen LogP contribution < -0.4 is 0 Å². The molecule has 1 aliphatic heterocycles. The molecule has 1 aliphatic carbocycles. The minimum Gasteiger partial charge on any atom is -0.481 e. The number of aliphatic carboxylic acids is 1. The van der Waals surface area contributed by atoms with Crippen molar-refractivity contribution in [3.05, 3.63) is 41.0 Å². The topological polar surface area (TPSA) is 57.6 Å². The van der Waals surface area contributed by atoms with Gasteiger partial charge < -0.3 is 10.0 Å². The number of benzene rings is 1. The van der Waals surface area contributed by atoms with Gasteiger partial charge in [0.15, 0.2) is 0 Å². The Balaban J connectivity index is 1.82. The summed E-state index contributed by atoms with van der Waals surface area (Å²) in [6.45, 7) is 2.66. The number of likely N-dealkylation sites (tertiary alicyclic amines) is 1. The van der Waals surface area contributed by atoms with Gasteiger partial charge in [-0.1, -0.05) is 18.2 Å². The maximum absolute atomic E-state index is 12.7. The zero-order valence-electron chi connectivity index (χ0n) is 12.8. The standard InChI is InChI=1S/C18H21NO3/c1-18(17(21)22)9-4-10-19(12-18)16(20)15-8-7-13-5-2-3-6-14(13)11-15/h2,5,7-8,11H,3-4,6,9-10,12H2,1H3,(H,21,22). The van der Waals surface area contributed by atoms with Gasteiger partial charge in [0.25, 0.3) is 5.91 Å². The van der Waals surface area contributed by atoms with Crippen LogP contribution >= 0.6 is 0 Å². The number of allylic oxidation sites excluding steroid dienone is 1. The first kappa shape index (κ1) is 14.8. The van der Waals surface area contributed by atoms with Crippen LogP contribution in [0.4, 0.5) is 0 Å². The van der Waals surface area contributed by atoms with Gasteiger partial charge in [0.1, 0.15) is 0 Å². The second kappa shape index (κ2) is 5.59. The average Bonchev–Trinajstić information content (AvgIpc) is 2.53. The fraction of sp³-hybridized carbons (Fsp3) is 0.444. The highest BCUT2D eigenvalue weighted by Crippen LogP contribution is 2.31. The van der Waals surface area contributed by atoms with Crippen molar-refractivity contribution in [2.45, 2.75) is 32.6 Å². The Bertz CT molecular complexity index is 650. The van der Waals surface area contributed by atoms with E-state index in [1.165, 1.54) is 11.1 Å². The highest BCUT2D eigenvalue weighted by atomic mass is 16.4. The van der Waals surface area contributed by atoms with Crippen molar-refractivity contribution in [2.24, 2.45) is 5.41 Å². The molecule has 1 saturated heterocycles. The SMILES string of the molecule is CC1(C(=O)O)CCCN(C(=O)c2ccc3c(c2)CCC=C3)C1. The zero-order chi connectivity index (χ0) is 15.7. The summed E-state index contributed by atoms with van der Waals surface area (Å²) < 4.78 is 0. The number of aryl methyl sites for hydroxylation is 1. The fourth-order valence-electron chi connectivity index (χ4n) is 3.34. The van der Waals surface area contributed by atoms with Gasteiger partial charge in [-0.2, -0.15) is 0 Å². The summed E-state index contributed by atoms with van der Waals surface area (Å²) in [6.07, 6.45) is 7.57. The van der Waals surface area contributed by atoms with Crippen molar-refractivity contribution < 1.29 is 14.7 Å². The van der Waals surface area contributed by atoms with E-state index < -0.39 is 11.4 Å². The molecule has 1 amide bonds. The lowest BCUT2D eigenvalue weighted by molar-refractivity contribution is -0.150. The number of carboxylic acids is 1. The molecular weight excluding hydrogens is 278 g/mol. The van der Waals surface area contributed by atoms with Crippen molar-refractivity contribution >= 4 is 18.0 Å². The smallest absolute Gasteiger partial charge is 0.311 e. The summed E-state index contributed by atoms with van der Waals surface area (Å²) in [5.41, 5.74) is 2.22. The van der Waals surface area contributed by atoms with Gasteiger partial charge in [-0.25, -0.2) is 0 Å². The van der Waals surface area contributed by atoms with Crippen LogP contribution in [0.5, 0.6) is 0 Å². The first-order chi connectivity index (χ1) is 10.5. The lowest BCUT2D eigenvalue weighted by Gasteiger charge is -2.37. The molecule has 1 heterocycles. The highest BCUT2D eigenvalue weighted by molar-refractivity contribution is 5.95. The Labute approximate surface area is 130 Å². The third-order valence-corrected chi connectivity index (χ3v) is 4.77.